The lowest BCUT2D eigenvalue weighted by molar-refractivity contribution is 0.0789. The summed E-state index contributed by atoms with van der Waals surface area (Å²) in [7, 11) is 1.81. The lowest BCUT2D eigenvalue weighted by Gasteiger charge is -2.16. The molecule has 1 fully saturated rings. The minimum atomic E-state index is -0.323. The molecule has 0 unspecified atom stereocenters. The number of nitrogens with zero attached hydrogens (tertiary/aromatic N) is 5. The first-order chi connectivity index (χ1) is 13.9. The van der Waals surface area contributed by atoms with Crippen molar-refractivity contribution in [3.05, 3.63) is 65.1 Å². The molecule has 8 heteroatoms. The molecular formula is C21H22FN5O2. The Hall–Kier alpha value is -3.29. The quantitative estimate of drug-likeness (QED) is 0.677. The molecular weight excluding hydrogens is 373 g/mol. The van der Waals surface area contributed by atoms with Gasteiger partial charge < -0.3 is 9.64 Å². The predicted octanol–water partition coefficient (Wildman–Crippen LogP) is 3.39. The van der Waals surface area contributed by atoms with Crippen molar-refractivity contribution in [1.29, 1.82) is 0 Å². The number of benzene rings is 1. The Labute approximate surface area is 168 Å². The van der Waals surface area contributed by atoms with E-state index in [0.717, 1.165) is 17.8 Å². The van der Waals surface area contributed by atoms with Crippen LogP contribution in [0.1, 0.15) is 39.9 Å². The Balaban J connectivity index is 1.50. The molecule has 150 valence electrons. The molecule has 0 bridgehead atoms. The topological polar surface area (TPSA) is 73.1 Å². The number of ether oxygens (including phenoxy) is 1. The first-order valence-electron chi connectivity index (χ1n) is 9.47. The highest BCUT2D eigenvalue weighted by molar-refractivity contribution is 5.95. The van der Waals surface area contributed by atoms with Crippen LogP contribution in [0.2, 0.25) is 0 Å². The smallest absolute Gasteiger partial charge is 0.257 e. The zero-order valence-electron chi connectivity index (χ0n) is 16.6. The van der Waals surface area contributed by atoms with Crippen molar-refractivity contribution in [2.75, 3.05) is 13.1 Å². The normalized spacial score (nSPS) is 16.3. The van der Waals surface area contributed by atoms with Crippen LogP contribution in [0.15, 0.2) is 36.5 Å². The summed E-state index contributed by atoms with van der Waals surface area (Å²) >= 11 is 0. The van der Waals surface area contributed by atoms with Crippen molar-refractivity contribution in [2.45, 2.75) is 26.2 Å². The van der Waals surface area contributed by atoms with Crippen LogP contribution in [0, 0.1) is 19.7 Å². The number of aromatic nitrogens is 4. The van der Waals surface area contributed by atoms with Gasteiger partial charge >= 0.3 is 0 Å². The standard InChI is InChI=1S/C21H22FN5O2/c1-13-10-19(29-17-6-4-16(22)5-7-17)24-20(23-13)15-8-9-27(11-15)21(28)18-12-26(3)25-14(18)2/h4-7,10,12,15H,8-9,11H2,1-3H3/t15-/m0/s1. The number of hydrogen-bond donors (Lipinski definition) is 0. The van der Waals surface area contributed by atoms with E-state index in [2.05, 4.69) is 15.1 Å². The molecule has 0 saturated carbocycles. The molecule has 7 nitrogen and oxygen atoms in total. The Bertz CT molecular complexity index is 1050. The maximum Gasteiger partial charge on any atom is 0.257 e. The van der Waals surface area contributed by atoms with Crippen molar-refractivity contribution < 1.29 is 13.9 Å². The fourth-order valence-corrected chi connectivity index (χ4v) is 3.56. The van der Waals surface area contributed by atoms with Crippen LogP contribution in [-0.2, 0) is 7.05 Å². The number of carbonyl (C=O) groups is 1. The zero-order chi connectivity index (χ0) is 20.5. The second-order valence-electron chi connectivity index (χ2n) is 7.30. The molecule has 1 aromatic carbocycles. The van der Waals surface area contributed by atoms with Crippen molar-refractivity contribution in [3.63, 3.8) is 0 Å². The average Bonchev–Trinajstić information content (AvgIpc) is 3.29. The summed E-state index contributed by atoms with van der Waals surface area (Å²) < 4.78 is 20.5. The maximum atomic E-state index is 13.1. The highest BCUT2D eigenvalue weighted by atomic mass is 19.1. The molecule has 3 aromatic rings. The van der Waals surface area contributed by atoms with Gasteiger partial charge in [-0.3, -0.25) is 9.48 Å². The number of amides is 1. The summed E-state index contributed by atoms with van der Waals surface area (Å²) in [5.41, 5.74) is 2.13. The van der Waals surface area contributed by atoms with Gasteiger partial charge in [0.2, 0.25) is 5.88 Å². The molecule has 3 heterocycles. The van der Waals surface area contributed by atoms with Gasteiger partial charge in [-0.15, -0.1) is 0 Å². The molecule has 0 N–H and O–H groups in total. The zero-order valence-corrected chi connectivity index (χ0v) is 16.6. The van der Waals surface area contributed by atoms with Crippen LogP contribution >= 0.6 is 0 Å². The molecule has 1 aliphatic heterocycles. The van der Waals surface area contributed by atoms with E-state index in [1.54, 1.807) is 36.1 Å². The Morgan fingerprint density at radius 3 is 2.66 bits per heavy atom. The minimum Gasteiger partial charge on any atom is -0.439 e. The molecule has 1 aliphatic rings. The molecule has 29 heavy (non-hydrogen) atoms. The summed E-state index contributed by atoms with van der Waals surface area (Å²) in [4.78, 5) is 23.8. The lowest BCUT2D eigenvalue weighted by atomic mass is 10.1. The van der Waals surface area contributed by atoms with Gasteiger partial charge in [0.1, 0.15) is 17.4 Å². The minimum absolute atomic E-state index is 0.0199. The van der Waals surface area contributed by atoms with Crippen molar-refractivity contribution in [1.82, 2.24) is 24.6 Å². The maximum absolute atomic E-state index is 13.1. The van der Waals surface area contributed by atoms with Crippen LogP contribution in [0.3, 0.4) is 0 Å². The molecule has 4 rings (SSSR count). The molecule has 0 spiro atoms. The second kappa shape index (κ2) is 7.62. The summed E-state index contributed by atoms with van der Waals surface area (Å²) in [5, 5.41) is 4.25. The highest BCUT2D eigenvalue weighted by Crippen LogP contribution is 2.29. The summed E-state index contributed by atoms with van der Waals surface area (Å²) in [6.07, 6.45) is 2.54. The summed E-state index contributed by atoms with van der Waals surface area (Å²) in [6.45, 7) is 4.90. The third-order valence-corrected chi connectivity index (χ3v) is 4.97. The van der Waals surface area contributed by atoms with E-state index in [4.69, 9.17) is 4.74 Å². The Morgan fingerprint density at radius 1 is 1.21 bits per heavy atom. The van der Waals surface area contributed by atoms with E-state index in [0.29, 0.717) is 36.1 Å². The monoisotopic (exact) mass is 395 g/mol. The van der Waals surface area contributed by atoms with Crippen LogP contribution in [0.5, 0.6) is 11.6 Å². The Morgan fingerprint density at radius 2 is 1.97 bits per heavy atom. The average molecular weight is 395 g/mol. The van der Waals surface area contributed by atoms with Gasteiger partial charge in [-0.2, -0.15) is 10.1 Å². The number of carbonyl (C=O) groups excluding carboxylic acids is 1. The van der Waals surface area contributed by atoms with Crippen LogP contribution < -0.4 is 4.74 Å². The molecule has 0 radical (unpaired) electrons. The SMILES string of the molecule is Cc1cc(Oc2ccc(F)cc2)nc([C@H]2CCN(C(=O)c3cn(C)nc3C)C2)n1. The number of hydrogen-bond acceptors (Lipinski definition) is 5. The lowest BCUT2D eigenvalue weighted by Crippen LogP contribution is -2.29. The number of rotatable bonds is 4. The van der Waals surface area contributed by atoms with E-state index in [-0.39, 0.29) is 17.6 Å². The van der Waals surface area contributed by atoms with Crippen LogP contribution in [-0.4, -0.2) is 43.6 Å². The van der Waals surface area contributed by atoms with Gasteiger partial charge in [-0.05, 0) is 44.5 Å². The molecule has 2 aromatic heterocycles. The Kier molecular flexibility index (Phi) is 5.00. The fourth-order valence-electron chi connectivity index (χ4n) is 3.56. The first kappa shape index (κ1) is 19.0. The van der Waals surface area contributed by atoms with Gasteiger partial charge in [0, 0.05) is 44.0 Å². The third-order valence-electron chi connectivity index (χ3n) is 4.97. The van der Waals surface area contributed by atoms with E-state index in [1.807, 2.05) is 18.7 Å². The molecule has 1 amide bonds. The van der Waals surface area contributed by atoms with Gasteiger partial charge in [-0.25, -0.2) is 9.37 Å². The van der Waals surface area contributed by atoms with Crippen molar-refractivity contribution in [3.8, 4) is 11.6 Å². The van der Waals surface area contributed by atoms with Gasteiger partial charge in [0.25, 0.3) is 5.91 Å². The molecule has 1 atom stereocenters. The van der Waals surface area contributed by atoms with Crippen molar-refractivity contribution in [2.24, 2.45) is 7.05 Å². The van der Waals surface area contributed by atoms with Gasteiger partial charge in [0.15, 0.2) is 0 Å². The van der Waals surface area contributed by atoms with Gasteiger partial charge in [-0.1, -0.05) is 0 Å². The van der Waals surface area contributed by atoms with Crippen LogP contribution in [0.25, 0.3) is 0 Å². The summed E-state index contributed by atoms with van der Waals surface area (Å²) in [5.74, 6) is 1.26. The molecule has 0 aliphatic carbocycles. The first-order valence-corrected chi connectivity index (χ1v) is 9.47. The van der Waals surface area contributed by atoms with Crippen LogP contribution in [0.4, 0.5) is 4.39 Å². The second-order valence-corrected chi connectivity index (χ2v) is 7.30. The van der Waals surface area contributed by atoms with E-state index < -0.39 is 0 Å². The highest BCUT2D eigenvalue weighted by Gasteiger charge is 2.31. The van der Waals surface area contributed by atoms with Crippen molar-refractivity contribution >= 4 is 5.91 Å². The van der Waals surface area contributed by atoms with Gasteiger partial charge in [0.05, 0.1) is 11.3 Å². The number of likely N-dealkylation sites (tertiary alicyclic amines) is 1. The largest absolute Gasteiger partial charge is 0.439 e. The number of halogens is 1. The third kappa shape index (κ3) is 4.11. The predicted molar refractivity (Wildman–Crippen MR) is 104 cm³/mol. The van der Waals surface area contributed by atoms with E-state index >= 15 is 0 Å². The molecule has 1 saturated heterocycles. The van der Waals surface area contributed by atoms with E-state index in [1.165, 1.54) is 12.1 Å². The fraction of sp³-hybridized carbons (Fsp3) is 0.333. The number of aryl methyl sites for hydroxylation is 3. The van der Waals surface area contributed by atoms with E-state index in [9.17, 15) is 9.18 Å². The summed E-state index contributed by atoms with van der Waals surface area (Å²) in [6, 6.07) is 7.53.